The molecule has 0 radical (unpaired) electrons. The van der Waals surface area contributed by atoms with Crippen molar-refractivity contribution in [2.24, 2.45) is 0 Å². The van der Waals surface area contributed by atoms with Gasteiger partial charge in [0.05, 0.1) is 11.1 Å². The molecule has 0 N–H and O–H groups in total. The number of para-hydroxylation sites is 3. The fourth-order valence-electron chi connectivity index (χ4n) is 7.92. The SMILES string of the molecule is CC1(C)c2ccccc2-c2ccc(N(c3ccccc3)c3cccc4c3oc3c4c4ccccc4c4oc5ccccc5c43)cc21. The van der Waals surface area contributed by atoms with Crippen LogP contribution in [0, 0.1) is 0 Å². The molecule has 3 nitrogen and oxygen atoms in total. The van der Waals surface area contributed by atoms with Crippen LogP contribution in [0.3, 0.4) is 0 Å². The van der Waals surface area contributed by atoms with E-state index in [0.29, 0.717) is 0 Å². The number of hydrogen-bond acceptors (Lipinski definition) is 3. The number of fused-ring (bicyclic) bond motifs is 13. The predicted octanol–water partition coefficient (Wildman–Crippen LogP) is 12.4. The molecular weight excluding hydrogens is 562 g/mol. The third-order valence-electron chi connectivity index (χ3n) is 10.0. The van der Waals surface area contributed by atoms with Crippen LogP contribution >= 0.6 is 0 Å². The van der Waals surface area contributed by atoms with Gasteiger partial charge in [-0.25, -0.2) is 0 Å². The van der Waals surface area contributed by atoms with E-state index in [1.165, 1.54) is 22.3 Å². The second-order valence-corrected chi connectivity index (χ2v) is 12.9. The quantitative estimate of drug-likeness (QED) is 0.205. The molecule has 0 saturated carbocycles. The minimum Gasteiger partial charge on any atom is -0.455 e. The van der Waals surface area contributed by atoms with Crippen LogP contribution in [0.2, 0.25) is 0 Å². The summed E-state index contributed by atoms with van der Waals surface area (Å²) < 4.78 is 13.6. The smallest absolute Gasteiger partial charge is 0.159 e. The normalized spacial score (nSPS) is 13.6. The fraction of sp³-hybridized carbons (Fsp3) is 0.0698. The highest BCUT2D eigenvalue weighted by Crippen LogP contribution is 2.52. The average molecular weight is 592 g/mol. The van der Waals surface area contributed by atoms with Crippen molar-refractivity contribution >= 4 is 71.7 Å². The maximum absolute atomic E-state index is 7.08. The summed E-state index contributed by atoms with van der Waals surface area (Å²) in [6.45, 7) is 4.67. The average Bonchev–Trinajstić information content (AvgIpc) is 3.75. The summed E-state index contributed by atoms with van der Waals surface area (Å²) >= 11 is 0. The Kier molecular flexibility index (Phi) is 5.06. The summed E-state index contributed by atoms with van der Waals surface area (Å²) in [6.07, 6.45) is 0. The molecule has 0 bridgehead atoms. The lowest BCUT2D eigenvalue weighted by Crippen LogP contribution is -2.16. The molecule has 2 heterocycles. The summed E-state index contributed by atoms with van der Waals surface area (Å²) in [5.74, 6) is 0. The Hall–Kier alpha value is -5.80. The molecule has 9 aromatic rings. The van der Waals surface area contributed by atoms with E-state index < -0.39 is 0 Å². The van der Waals surface area contributed by atoms with Gasteiger partial charge >= 0.3 is 0 Å². The molecule has 2 aromatic heterocycles. The highest BCUT2D eigenvalue weighted by atomic mass is 16.3. The molecule has 7 aromatic carbocycles. The Morgan fingerprint density at radius 3 is 2.02 bits per heavy atom. The molecular formula is C43H29NO2. The Morgan fingerprint density at radius 1 is 0.457 bits per heavy atom. The van der Waals surface area contributed by atoms with E-state index in [1.54, 1.807) is 0 Å². The molecule has 0 aliphatic heterocycles. The van der Waals surface area contributed by atoms with Gasteiger partial charge in [-0.05, 0) is 64.0 Å². The Labute approximate surface area is 265 Å². The van der Waals surface area contributed by atoms with Crippen molar-refractivity contribution in [3.8, 4) is 11.1 Å². The number of hydrogen-bond donors (Lipinski definition) is 0. The summed E-state index contributed by atoms with van der Waals surface area (Å²) in [5.41, 5.74) is 11.8. The Balaban J connectivity index is 1.29. The van der Waals surface area contributed by atoms with Crippen molar-refractivity contribution < 1.29 is 8.83 Å². The van der Waals surface area contributed by atoms with Gasteiger partial charge in [-0.15, -0.1) is 0 Å². The van der Waals surface area contributed by atoms with E-state index in [4.69, 9.17) is 8.83 Å². The van der Waals surface area contributed by atoms with Crippen LogP contribution in [-0.2, 0) is 5.41 Å². The molecule has 1 aliphatic carbocycles. The van der Waals surface area contributed by atoms with Crippen molar-refractivity contribution in [1.29, 1.82) is 0 Å². The molecule has 0 atom stereocenters. The first-order chi connectivity index (χ1) is 22.6. The summed E-state index contributed by atoms with van der Waals surface area (Å²) in [7, 11) is 0. The van der Waals surface area contributed by atoms with Gasteiger partial charge in [-0.2, -0.15) is 0 Å². The van der Waals surface area contributed by atoms with Gasteiger partial charge < -0.3 is 13.7 Å². The number of furan rings is 2. The summed E-state index contributed by atoms with van der Waals surface area (Å²) in [5, 5.41) is 6.51. The van der Waals surface area contributed by atoms with Crippen molar-refractivity contribution in [1.82, 2.24) is 0 Å². The third-order valence-corrected chi connectivity index (χ3v) is 10.0. The summed E-state index contributed by atoms with van der Waals surface area (Å²) in [6, 6.07) is 49.6. The van der Waals surface area contributed by atoms with Gasteiger partial charge in [0.1, 0.15) is 16.7 Å². The van der Waals surface area contributed by atoms with Crippen molar-refractivity contribution in [2.75, 3.05) is 4.90 Å². The van der Waals surface area contributed by atoms with Gasteiger partial charge in [0.25, 0.3) is 0 Å². The Bertz CT molecular complexity index is 2670. The largest absolute Gasteiger partial charge is 0.455 e. The topological polar surface area (TPSA) is 29.5 Å². The number of benzene rings is 7. The lowest BCUT2D eigenvalue weighted by atomic mass is 9.82. The highest BCUT2D eigenvalue weighted by Gasteiger charge is 2.36. The van der Waals surface area contributed by atoms with E-state index in [1.807, 2.05) is 12.1 Å². The van der Waals surface area contributed by atoms with Crippen LogP contribution in [0.5, 0.6) is 0 Å². The molecule has 10 rings (SSSR count). The standard InChI is InChI=1S/C43H29NO2/c1-43(2)34-20-10-8-15-28(34)29-24-23-27(25-35(29)43)44(26-13-4-3-5-14-26)36-21-12-19-33-38-30-16-6-7-17-31(30)41-39(42(38)46-40(33)36)32-18-9-11-22-37(32)45-41/h3-25H,1-2H3. The molecule has 1 aliphatic rings. The molecule has 218 valence electrons. The maximum atomic E-state index is 7.08. The third kappa shape index (κ3) is 3.32. The van der Waals surface area contributed by atoms with Crippen LogP contribution in [0.25, 0.3) is 65.8 Å². The van der Waals surface area contributed by atoms with Crippen LogP contribution in [-0.4, -0.2) is 0 Å². The molecule has 0 saturated heterocycles. The van der Waals surface area contributed by atoms with Gasteiger partial charge in [0, 0.05) is 38.3 Å². The lowest BCUT2D eigenvalue weighted by Gasteiger charge is -2.28. The van der Waals surface area contributed by atoms with Gasteiger partial charge in [0.2, 0.25) is 0 Å². The van der Waals surface area contributed by atoms with E-state index in [0.717, 1.165) is 71.7 Å². The number of rotatable bonds is 3. The highest BCUT2D eigenvalue weighted by molar-refractivity contribution is 6.34. The first kappa shape index (κ1) is 25.5. The minimum absolute atomic E-state index is 0.109. The molecule has 0 spiro atoms. The molecule has 3 heteroatoms. The Morgan fingerprint density at radius 2 is 1.15 bits per heavy atom. The van der Waals surface area contributed by atoms with Crippen molar-refractivity contribution in [2.45, 2.75) is 19.3 Å². The van der Waals surface area contributed by atoms with Crippen LogP contribution in [0.15, 0.2) is 148 Å². The zero-order valence-corrected chi connectivity index (χ0v) is 25.5. The van der Waals surface area contributed by atoms with Gasteiger partial charge in [0.15, 0.2) is 5.58 Å². The first-order valence-corrected chi connectivity index (χ1v) is 15.9. The first-order valence-electron chi connectivity index (χ1n) is 15.9. The number of nitrogens with zero attached hydrogens (tertiary/aromatic N) is 1. The van der Waals surface area contributed by atoms with Crippen molar-refractivity contribution in [3.63, 3.8) is 0 Å². The monoisotopic (exact) mass is 591 g/mol. The van der Waals surface area contributed by atoms with E-state index in [9.17, 15) is 0 Å². The molecule has 0 amide bonds. The van der Waals surface area contributed by atoms with Crippen molar-refractivity contribution in [3.05, 3.63) is 151 Å². The van der Waals surface area contributed by atoms with Crippen LogP contribution < -0.4 is 4.90 Å². The van der Waals surface area contributed by atoms with Gasteiger partial charge in [-0.1, -0.05) is 117 Å². The van der Waals surface area contributed by atoms with Crippen LogP contribution in [0.4, 0.5) is 17.1 Å². The van der Waals surface area contributed by atoms with E-state index >= 15 is 0 Å². The fourth-order valence-corrected chi connectivity index (χ4v) is 7.92. The second-order valence-electron chi connectivity index (χ2n) is 12.9. The molecule has 0 unspecified atom stereocenters. The van der Waals surface area contributed by atoms with Gasteiger partial charge in [-0.3, -0.25) is 0 Å². The molecule has 0 fully saturated rings. The van der Waals surface area contributed by atoms with E-state index in [-0.39, 0.29) is 5.41 Å². The zero-order valence-electron chi connectivity index (χ0n) is 25.5. The predicted molar refractivity (Wildman–Crippen MR) is 191 cm³/mol. The van der Waals surface area contributed by atoms with Crippen LogP contribution in [0.1, 0.15) is 25.0 Å². The van der Waals surface area contributed by atoms with E-state index in [2.05, 4.69) is 146 Å². The second kappa shape index (κ2) is 9.12. The maximum Gasteiger partial charge on any atom is 0.159 e. The zero-order chi connectivity index (χ0) is 30.6. The minimum atomic E-state index is -0.109. The lowest BCUT2D eigenvalue weighted by molar-refractivity contribution is 0.660. The summed E-state index contributed by atoms with van der Waals surface area (Å²) in [4.78, 5) is 2.34. The number of anilines is 3. The molecule has 46 heavy (non-hydrogen) atoms.